The van der Waals surface area contributed by atoms with Crippen molar-refractivity contribution in [3.8, 4) is 0 Å². The van der Waals surface area contributed by atoms with Gasteiger partial charge in [0.15, 0.2) is 0 Å². The van der Waals surface area contributed by atoms with E-state index in [0.717, 1.165) is 12.0 Å². The van der Waals surface area contributed by atoms with Crippen LogP contribution in [0.15, 0.2) is 24.3 Å². The zero-order valence-corrected chi connectivity index (χ0v) is 13.0. The molecule has 2 amide bonds. The molecule has 21 heavy (non-hydrogen) atoms. The average Bonchev–Trinajstić information content (AvgIpc) is 2.35. The molecule has 0 radical (unpaired) electrons. The molecule has 4 heteroatoms. The average molecular weight is 306 g/mol. The Morgan fingerprint density at radius 2 is 1.90 bits per heavy atom. The lowest BCUT2D eigenvalue weighted by molar-refractivity contribution is -0.140. The van der Waals surface area contributed by atoms with Gasteiger partial charge in [-0.2, -0.15) is 0 Å². The molecule has 1 aliphatic carbocycles. The summed E-state index contributed by atoms with van der Waals surface area (Å²) in [4.78, 5) is 24.3. The Bertz CT molecular complexity index is 565. The third-order valence-electron chi connectivity index (χ3n) is 4.97. The SMILES string of the molecule is CC1(CC2CCC2)CC(=O)NC(=O)C1c1ccc(Cl)cc1. The molecule has 2 aliphatic rings. The Morgan fingerprint density at radius 1 is 1.24 bits per heavy atom. The van der Waals surface area contributed by atoms with Gasteiger partial charge in [-0.15, -0.1) is 0 Å². The number of piperidine rings is 1. The summed E-state index contributed by atoms with van der Waals surface area (Å²) < 4.78 is 0. The zero-order valence-electron chi connectivity index (χ0n) is 12.2. The molecule has 1 aromatic carbocycles. The highest BCUT2D eigenvalue weighted by atomic mass is 35.5. The van der Waals surface area contributed by atoms with Crippen molar-refractivity contribution in [2.45, 2.75) is 44.9 Å². The number of amides is 2. The van der Waals surface area contributed by atoms with Crippen LogP contribution >= 0.6 is 11.6 Å². The third kappa shape index (κ3) is 2.84. The van der Waals surface area contributed by atoms with Crippen molar-refractivity contribution in [3.63, 3.8) is 0 Å². The summed E-state index contributed by atoms with van der Waals surface area (Å²) >= 11 is 5.94. The first kappa shape index (κ1) is 14.6. The fourth-order valence-electron chi connectivity index (χ4n) is 3.79. The van der Waals surface area contributed by atoms with E-state index in [2.05, 4.69) is 12.2 Å². The number of halogens is 1. The van der Waals surface area contributed by atoms with Crippen LogP contribution < -0.4 is 5.32 Å². The van der Waals surface area contributed by atoms with Crippen LogP contribution in [0.4, 0.5) is 0 Å². The number of imide groups is 1. The fourth-order valence-corrected chi connectivity index (χ4v) is 3.92. The Morgan fingerprint density at radius 3 is 2.48 bits per heavy atom. The monoisotopic (exact) mass is 305 g/mol. The van der Waals surface area contributed by atoms with Gasteiger partial charge in [0, 0.05) is 11.4 Å². The largest absolute Gasteiger partial charge is 0.296 e. The van der Waals surface area contributed by atoms with Gasteiger partial charge in [0.05, 0.1) is 5.92 Å². The predicted molar refractivity (Wildman–Crippen MR) is 82.0 cm³/mol. The summed E-state index contributed by atoms with van der Waals surface area (Å²) in [5.41, 5.74) is 0.657. The number of hydrogen-bond acceptors (Lipinski definition) is 2. The number of carbonyl (C=O) groups excluding carboxylic acids is 2. The van der Waals surface area contributed by atoms with Crippen LogP contribution in [0.3, 0.4) is 0 Å². The minimum Gasteiger partial charge on any atom is -0.296 e. The number of benzene rings is 1. The second-order valence-electron chi connectivity index (χ2n) is 6.73. The topological polar surface area (TPSA) is 46.2 Å². The van der Waals surface area contributed by atoms with Crippen molar-refractivity contribution in [1.82, 2.24) is 5.32 Å². The Labute approximate surface area is 130 Å². The quantitative estimate of drug-likeness (QED) is 0.866. The summed E-state index contributed by atoms with van der Waals surface area (Å²) in [6.07, 6.45) is 5.08. The molecule has 0 aromatic heterocycles. The molecule has 2 atom stereocenters. The van der Waals surface area contributed by atoms with E-state index >= 15 is 0 Å². The Hall–Kier alpha value is -1.35. The van der Waals surface area contributed by atoms with Crippen LogP contribution in [0, 0.1) is 11.3 Å². The van der Waals surface area contributed by atoms with Gasteiger partial charge in [0.1, 0.15) is 0 Å². The third-order valence-corrected chi connectivity index (χ3v) is 5.22. The summed E-state index contributed by atoms with van der Waals surface area (Å²) in [7, 11) is 0. The smallest absolute Gasteiger partial charge is 0.234 e. The first-order valence-corrected chi connectivity index (χ1v) is 7.95. The van der Waals surface area contributed by atoms with Crippen molar-refractivity contribution in [2.24, 2.45) is 11.3 Å². The van der Waals surface area contributed by atoms with Gasteiger partial charge in [-0.05, 0) is 35.4 Å². The van der Waals surface area contributed by atoms with Gasteiger partial charge in [0.2, 0.25) is 11.8 Å². The van der Waals surface area contributed by atoms with Crippen LogP contribution in [0.1, 0.15) is 50.5 Å². The van der Waals surface area contributed by atoms with Crippen molar-refractivity contribution in [1.29, 1.82) is 0 Å². The van der Waals surface area contributed by atoms with Crippen molar-refractivity contribution < 1.29 is 9.59 Å². The van der Waals surface area contributed by atoms with Gasteiger partial charge in [-0.25, -0.2) is 0 Å². The van der Waals surface area contributed by atoms with Crippen molar-refractivity contribution in [2.75, 3.05) is 0 Å². The summed E-state index contributed by atoms with van der Waals surface area (Å²) in [6, 6.07) is 7.43. The van der Waals surface area contributed by atoms with Gasteiger partial charge in [-0.3, -0.25) is 14.9 Å². The first-order valence-electron chi connectivity index (χ1n) is 7.57. The van der Waals surface area contributed by atoms with Crippen LogP contribution in [0.2, 0.25) is 5.02 Å². The molecule has 1 N–H and O–H groups in total. The molecule has 1 aromatic rings. The lowest BCUT2D eigenvalue weighted by atomic mass is 9.62. The molecule has 2 fully saturated rings. The van der Waals surface area contributed by atoms with Crippen LogP contribution in [-0.2, 0) is 9.59 Å². The number of carbonyl (C=O) groups is 2. The van der Waals surface area contributed by atoms with E-state index in [0.29, 0.717) is 17.4 Å². The maximum Gasteiger partial charge on any atom is 0.234 e. The van der Waals surface area contributed by atoms with E-state index in [1.165, 1.54) is 19.3 Å². The lowest BCUT2D eigenvalue weighted by Crippen LogP contribution is -2.50. The molecular formula is C17H20ClNO2. The van der Waals surface area contributed by atoms with Gasteiger partial charge in [-0.1, -0.05) is 49.9 Å². The van der Waals surface area contributed by atoms with E-state index in [1.54, 1.807) is 0 Å². The first-order chi connectivity index (χ1) is 9.98. The van der Waals surface area contributed by atoms with E-state index < -0.39 is 0 Å². The molecule has 0 spiro atoms. The minimum atomic E-state index is -0.293. The molecule has 1 saturated heterocycles. The molecule has 0 bridgehead atoms. The van der Waals surface area contributed by atoms with Gasteiger partial charge < -0.3 is 0 Å². The highest BCUT2D eigenvalue weighted by Gasteiger charge is 2.47. The molecule has 112 valence electrons. The molecule has 1 saturated carbocycles. The summed E-state index contributed by atoms with van der Waals surface area (Å²) in [5.74, 6) is 0.0685. The minimum absolute atomic E-state index is 0.146. The highest BCUT2D eigenvalue weighted by molar-refractivity contribution is 6.30. The molecule has 1 aliphatic heterocycles. The fraction of sp³-hybridized carbons (Fsp3) is 0.529. The maximum atomic E-state index is 12.4. The molecular weight excluding hydrogens is 286 g/mol. The lowest BCUT2D eigenvalue weighted by Gasteiger charge is -2.44. The maximum absolute atomic E-state index is 12.4. The Balaban J connectivity index is 1.93. The van der Waals surface area contributed by atoms with Crippen LogP contribution in [0.5, 0.6) is 0 Å². The second kappa shape index (κ2) is 5.45. The Kier molecular flexibility index (Phi) is 3.78. The van der Waals surface area contributed by atoms with Gasteiger partial charge >= 0.3 is 0 Å². The number of hydrogen-bond donors (Lipinski definition) is 1. The standard InChI is InChI=1S/C17H20ClNO2/c1-17(9-11-3-2-4-11)10-14(20)19-16(21)15(17)12-5-7-13(18)8-6-12/h5-8,11,15H,2-4,9-10H2,1H3,(H,19,20,21). The molecule has 2 unspecified atom stereocenters. The van der Waals surface area contributed by atoms with Crippen LogP contribution in [0.25, 0.3) is 0 Å². The van der Waals surface area contributed by atoms with E-state index in [-0.39, 0.29) is 23.1 Å². The van der Waals surface area contributed by atoms with E-state index in [1.807, 2.05) is 24.3 Å². The predicted octanol–water partition coefficient (Wildman–Crippen LogP) is 3.67. The molecule has 1 heterocycles. The zero-order chi connectivity index (χ0) is 15.0. The molecule has 3 nitrogen and oxygen atoms in total. The number of nitrogens with one attached hydrogen (secondary N) is 1. The molecule has 3 rings (SSSR count). The summed E-state index contributed by atoms with van der Waals surface area (Å²) in [5, 5.41) is 3.16. The van der Waals surface area contributed by atoms with Crippen LogP contribution in [-0.4, -0.2) is 11.8 Å². The van der Waals surface area contributed by atoms with E-state index in [4.69, 9.17) is 11.6 Å². The van der Waals surface area contributed by atoms with Crippen molar-refractivity contribution >= 4 is 23.4 Å². The second-order valence-corrected chi connectivity index (χ2v) is 7.17. The van der Waals surface area contributed by atoms with E-state index in [9.17, 15) is 9.59 Å². The normalized spacial score (nSPS) is 29.9. The number of rotatable bonds is 3. The highest BCUT2D eigenvalue weighted by Crippen LogP contribution is 2.49. The summed E-state index contributed by atoms with van der Waals surface area (Å²) in [6.45, 7) is 2.08. The van der Waals surface area contributed by atoms with Crippen molar-refractivity contribution in [3.05, 3.63) is 34.9 Å². The van der Waals surface area contributed by atoms with Gasteiger partial charge in [0.25, 0.3) is 0 Å².